The zero-order valence-electron chi connectivity index (χ0n) is 15.3. The van der Waals surface area contributed by atoms with Gasteiger partial charge in [0.15, 0.2) is 0 Å². The fourth-order valence-electron chi connectivity index (χ4n) is 3.63. The van der Waals surface area contributed by atoms with E-state index >= 15 is 0 Å². The molecule has 130 valence electrons. The van der Waals surface area contributed by atoms with Crippen molar-refractivity contribution in [2.75, 3.05) is 11.4 Å². The number of amides is 2. The molecule has 0 atom stereocenters. The number of nitrogens with zero attached hydrogens (tertiary/aromatic N) is 1. The molecule has 0 saturated carbocycles. The van der Waals surface area contributed by atoms with Gasteiger partial charge in [0.1, 0.15) is 0 Å². The molecule has 3 rings (SSSR count). The quantitative estimate of drug-likeness (QED) is 0.933. The van der Waals surface area contributed by atoms with Crippen molar-refractivity contribution in [1.29, 1.82) is 0 Å². The molecule has 4 nitrogen and oxygen atoms in total. The van der Waals surface area contributed by atoms with Crippen molar-refractivity contribution in [3.63, 3.8) is 0 Å². The van der Waals surface area contributed by atoms with Crippen molar-refractivity contribution in [2.45, 2.75) is 40.7 Å². The Hall–Kier alpha value is -2.62. The molecule has 0 radical (unpaired) electrons. The van der Waals surface area contributed by atoms with Gasteiger partial charge in [-0.25, -0.2) is 0 Å². The third-order valence-corrected chi connectivity index (χ3v) is 4.88. The molecule has 1 heterocycles. The third kappa shape index (κ3) is 3.43. The summed E-state index contributed by atoms with van der Waals surface area (Å²) in [6.07, 6.45) is 0.798. The van der Waals surface area contributed by atoms with Crippen LogP contribution in [0.5, 0.6) is 0 Å². The Bertz CT molecular complexity index is 832. The monoisotopic (exact) mass is 336 g/mol. The van der Waals surface area contributed by atoms with E-state index in [0.29, 0.717) is 18.7 Å². The summed E-state index contributed by atoms with van der Waals surface area (Å²) in [7, 11) is 0. The molecule has 2 aromatic carbocycles. The molecule has 4 heteroatoms. The van der Waals surface area contributed by atoms with Gasteiger partial charge in [-0.15, -0.1) is 0 Å². The average Bonchev–Trinajstić information content (AvgIpc) is 2.96. The van der Waals surface area contributed by atoms with Gasteiger partial charge < -0.3 is 10.2 Å². The summed E-state index contributed by atoms with van der Waals surface area (Å²) in [6, 6.07) is 9.86. The molecule has 0 saturated heterocycles. The fourth-order valence-corrected chi connectivity index (χ4v) is 3.63. The Labute approximate surface area is 148 Å². The maximum atomic E-state index is 12.5. The fraction of sp³-hybridized carbons (Fsp3) is 0.333. The van der Waals surface area contributed by atoms with Crippen LogP contribution in [-0.2, 0) is 17.8 Å². The number of carbonyl (C=O) groups excluding carboxylic acids is 2. The Morgan fingerprint density at radius 1 is 1.08 bits per heavy atom. The van der Waals surface area contributed by atoms with E-state index in [4.69, 9.17) is 0 Å². The van der Waals surface area contributed by atoms with Crippen LogP contribution in [0.25, 0.3) is 0 Å². The average molecular weight is 336 g/mol. The number of rotatable bonds is 3. The minimum Gasteiger partial charge on any atom is -0.348 e. The second-order valence-electron chi connectivity index (χ2n) is 6.82. The molecule has 0 aromatic heterocycles. The first-order valence-electron chi connectivity index (χ1n) is 8.63. The smallest absolute Gasteiger partial charge is 0.251 e. The highest BCUT2D eigenvalue weighted by molar-refractivity contribution is 5.97. The van der Waals surface area contributed by atoms with Gasteiger partial charge in [-0.1, -0.05) is 17.7 Å². The molecule has 0 unspecified atom stereocenters. The number of benzene rings is 2. The van der Waals surface area contributed by atoms with E-state index in [9.17, 15) is 9.59 Å². The zero-order valence-corrected chi connectivity index (χ0v) is 15.3. The van der Waals surface area contributed by atoms with Crippen molar-refractivity contribution < 1.29 is 9.59 Å². The van der Waals surface area contributed by atoms with Crippen molar-refractivity contribution in [3.8, 4) is 0 Å². The standard InChI is InChI=1S/C21H24N2O2/c1-13-9-14(2)19(15(3)10-13)12-22-21(25)18-5-6-20-17(11-18)7-8-23(20)16(4)24/h5-6,9-11H,7-8,12H2,1-4H3,(H,22,25). The summed E-state index contributed by atoms with van der Waals surface area (Å²) >= 11 is 0. The number of hydrogen-bond donors (Lipinski definition) is 1. The zero-order chi connectivity index (χ0) is 18.1. The molecular weight excluding hydrogens is 312 g/mol. The van der Waals surface area contributed by atoms with Gasteiger partial charge in [0.25, 0.3) is 5.91 Å². The molecule has 2 amide bonds. The van der Waals surface area contributed by atoms with Crippen LogP contribution in [0.15, 0.2) is 30.3 Å². The maximum absolute atomic E-state index is 12.5. The molecule has 1 aliphatic rings. The number of anilines is 1. The molecule has 0 spiro atoms. The molecule has 0 bridgehead atoms. The highest BCUT2D eigenvalue weighted by atomic mass is 16.2. The predicted octanol–water partition coefficient (Wildman–Crippen LogP) is 3.45. The summed E-state index contributed by atoms with van der Waals surface area (Å²) in [6.45, 7) is 9.02. The second-order valence-corrected chi connectivity index (χ2v) is 6.82. The van der Waals surface area contributed by atoms with Crippen LogP contribution >= 0.6 is 0 Å². The summed E-state index contributed by atoms with van der Waals surface area (Å²) < 4.78 is 0. The van der Waals surface area contributed by atoms with E-state index < -0.39 is 0 Å². The lowest BCUT2D eigenvalue weighted by atomic mass is 9.99. The van der Waals surface area contributed by atoms with Crippen molar-refractivity contribution in [3.05, 3.63) is 63.7 Å². The Morgan fingerprint density at radius 2 is 1.76 bits per heavy atom. The van der Waals surface area contributed by atoms with Crippen LogP contribution in [0.1, 0.15) is 45.1 Å². The SMILES string of the molecule is CC(=O)N1CCc2cc(C(=O)NCc3c(C)cc(C)cc3C)ccc21. The number of hydrogen-bond acceptors (Lipinski definition) is 2. The van der Waals surface area contributed by atoms with Crippen LogP contribution in [0, 0.1) is 20.8 Å². The molecular formula is C21H24N2O2. The summed E-state index contributed by atoms with van der Waals surface area (Å²) in [4.78, 5) is 25.9. The molecule has 25 heavy (non-hydrogen) atoms. The van der Waals surface area contributed by atoms with Crippen LogP contribution in [0.4, 0.5) is 5.69 Å². The van der Waals surface area contributed by atoms with E-state index in [-0.39, 0.29) is 11.8 Å². The summed E-state index contributed by atoms with van der Waals surface area (Å²) in [5.41, 5.74) is 7.43. The third-order valence-electron chi connectivity index (χ3n) is 4.88. The van der Waals surface area contributed by atoms with Gasteiger partial charge in [0.2, 0.25) is 5.91 Å². The lowest BCUT2D eigenvalue weighted by Gasteiger charge is -2.15. The Kier molecular flexibility index (Phi) is 4.62. The van der Waals surface area contributed by atoms with Crippen molar-refractivity contribution in [1.82, 2.24) is 5.32 Å². The van der Waals surface area contributed by atoms with Crippen molar-refractivity contribution >= 4 is 17.5 Å². The largest absolute Gasteiger partial charge is 0.348 e. The number of nitrogens with one attached hydrogen (secondary N) is 1. The highest BCUT2D eigenvalue weighted by Gasteiger charge is 2.23. The molecule has 0 aliphatic carbocycles. The number of carbonyl (C=O) groups is 2. The molecule has 2 aromatic rings. The van der Waals surface area contributed by atoms with Gasteiger partial charge in [0.05, 0.1) is 0 Å². The normalized spacial score (nSPS) is 12.9. The maximum Gasteiger partial charge on any atom is 0.251 e. The molecule has 1 N–H and O–H groups in total. The van der Waals surface area contributed by atoms with E-state index in [1.165, 1.54) is 22.3 Å². The summed E-state index contributed by atoms with van der Waals surface area (Å²) in [5, 5.41) is 3.02. The first kappa shape index (κ1) is 17.2. The van der Waals surface area contributed by atoms with Crippen LogP contribution < -0.4 is 10.2 Å². The van der Waals surface area contributed by atoms with E-state index in [0.717, 1.165) is 17.7 Å². The van der Waals surface area contributed by atoms with E-state index in [2.05, 4.69) is 38.2 Å². The minimum atomic E-state index is -0.0801. The van der Waals surface area contributed by atoms with Crippen molar-refractivity contribution in [2.24, 2.45) is 0 Å². The van der Waals surface area contributed by atoms with Crippen LogP contribution in [0.3, 0.4) is 0 Å². The van der Waals surface area contributed by atoms with E-state index in [1.54, 1.807) is 17.9 Å². The van der Waals surface area contributed by atoms with Gasteiger partial charge in [-0.3, -0.25) is 9.59 Å². The Morgan fingerprint density at radius 3 is 2.40 bits per heavy atom. The van der Waals surface area contributed by atoms with Gasteiger partial charge in [-0.2, -0.15) is 0 Å². The topological polar surface area (TPSA) is 49.4 Å². The predicted molar refractivity (Wildman–Crippen MR) is 100.0 cm³/mol. The van der Waals surface area contributed by atoms with Gasteiger partial charge >= 0.3 is 0 Å². The molecule has 0 fully saturated rings. The molecule has 1 aliphatic heterocycles. The number of fused-ring (bicyclic) bond motifs is 1. The van der Waals surface area contributed by atoms with Gasteiger partial charge in [0, 0.05) is 31.3 Å². The first-order chi connectivity index (χ1) is 11.9. The number of aryl methyl sites for hydroxylation is 3. The Balaban J connectivity index is 1.74. The van der Waals surface area contributed by atoms with Crippen LogP contribution in [0.2, 0.25) is 0 Å². The van der Waals surface area contributed by atoms with Crippen LogP contribution in [-0.4, -0.2) is 18.4 Å². The minimum absolute atomic E-state index is 0.0428. The first-order valence-corrected chi connectivity index (χ1v) is 8.63. The van der Waals surface area contributed by atoms with Gasteiger partial charge in [-0.05, 0) is 67.6 Å². The van der Waals surface area contributed by atoms with E-state index in [1.807, 2.05) is 12.1 Å². The lowest BCUT2D eigenvalue weighted by molar-refractivity contribution is -0.116. The highest BCUT2D eigenvalue weighted by Crippen LogP contribution is 2.29. The summed E-state index contributed by atoms with van der Waals surface area (Å²) in [5.74, 6) is -0.0373. The lowest BCUT2D eigenvalue weighted by Crippen LogP contribution is -2.26. The second kappa shape index (κ2) is 6.71.